The van der Waals surface area contributed by atoms with Gasteiger partial charge in [0.05, 0.1) is 26.4 Å². The summed E-state index contributed by atoms with van der Waals surface area (Å²) in [6, 6.07) is 14.3. The normalized spacial score (nSPS) is 13.7. The van der Waals surface area contributed by atoms with Crippen LogP contribution >= 0.6 is 15.9 Å². The van der Waals surface area contributed by atoms with Crippen LogP contribution in [0.3, 0.4) is 0 Å². The second kappa shape index (κ2) is 8.32. The lowest BCUT2D eigenvalue weighted by Crippen LogP contribution is -2.05. The molecule has 0 atom stereocenters. The van der Waals surface area contributed by atoms with E-state index in [1.165, 1.54) is 6.20 Å². The monoisotopic (exact) mass is 521 g/mol. The van der Waals surface area contributed by atoms with E-state index in [-0.39, 0.29) is 9.79 Å². The number of H-pyrrole nitrogens is 1. The molecule has 166 valence electrons. The van der Waals surface area contributed by atoms with E-state index in [4.69, 9.17) is 4.74 Å². The molecule has 33 heavy (non-hydrogen) atoms. The number of rotatable bonds is 6. The molecule has 0 radical (unpaired) electrons. The Labute approximate surface area is 200 Å². The van der Waals surface area contributed by atoms with Crippen molar-refractivity contribution in [2.75, 3.05) is 6.61 Å². The van der Waals surface area contributed by atoms with Crippen molar-refractivity contribution in [3.05, 3.63) is 70.5 Å². The standard InChI is InChI=1S/C25H20BrN3O3S/c1-15-2-7-19(8-3-15)33(30,31)24-21(26)13-29-25-23(24)20(12-28-25)17-6-9-22(18(10-17)11-27)32-14-16-4-5-16/h2-3,6-10,12-13,16H,4-5,14H2,1H3,(H,28,29). The van der Waals surface area contributed by atoms with Crippen molar-refractivity contribution in [1.29, 1.82) is 5.26 Å². The highest BCUT2D eigenvalue weighted by Crippen LogP contribution is 2.40. The number of hydrogen-bond donors (Lipinski definition) is 1. The minimum absolute atomic E-state index is 0.139. The molecule has 0 unspecified atom stereocenters. The topological polar surface area (TPSA) is 95.8 Å². The van der Waals surface area contributed by atoms with Crippen molar-refractivity contribution >= 4 is 36.8 Å². The van der Waals surface area contributed by atoms with Gasteiger partial charge >= 0.3 is 0 Å². The number of nitriles is 1. The van der Waals surface area contributed by atoms with Gasteiger partial charge < -0.3 is 9.72 Å². The zero-order valence-corrected chi connectivity index (χ0v) is 20.2. The molecule has 0 bridgehead atoms. The van der Waals surface area contributed by atoms with E-state index < -0.39 is 9.84 Å². The van der Waals surface area contributed by atoms with Gasteiger partial charge in [-0.05, 0) is 71.4 Å². The predicted octanol–water partition coefficient (Wildman–Crippen LogP) is 5.79. The average molecular weight is 522 g/mol. The number of nitrogens with zero attached hydrogens (tertiary/aromatic N) is 2. The fourth-order valence-corrected chi connectivity index (χ4v) is 6.23. The lowest BCUT2D eigenvalue weighted by molar-refractivity contribution is 0.299. The first-order valence-electron chi connectivity index (χ1n) is 10.5. The third-order valence-electron chi connectivity index (χ3n) is 5.79. The van der Waals surface area contributed by atoms with E-state index in [9.17, 15) is 13.7 Å². The molecule has 1 aliphatic carbocycles. The van der Waals surface area contributed by atoms with E-state index in [0.29, 0.717) is 50.5 Å². The van der Waals surface area contributed by atoms with E-state index in [1.807, 2.05) is 13.0 Å². The largest absolute Gasteiger partial charge is 0.492 e. The van der Waals surface area contributed by atoms with Gasteiger partial charge in [0.1, 0.15) is 17.5 Å². The van der Waals surface area contributed by atoms with Gasteiger partial charge in [-0.1, -0.05) is 23.8 Å². The van der Waals surface area contributed by atoms with Crippen molar-refractivity contribution in [3.8, 4) is 22.9 Å². The van der Waals surface area contributed by atoms with Gasteiger partial charge in [-0.15, -0.1) is 0 Å². The molecule has 1 fully saturated rings. The van der Waals surface area contributed by atoms with Crippen LogP contribution in [0.1, 0.15) is 24.0 Å². The summed E-state index contributed by atoms with van der Waals surface area (Å²) in [6.07, 6.45) is 5.53. The molecule has 0 saturated heterocycles. The minimum Gasteiger partial charge on any atom is -0.492 e. The van der Waals surface area contributed by atoms with Gasteiger partial charge in [0.15, 0.2) is 0 Å². The fourth-order valence-electron chi connectivity index (χ4n) is 3.77. The van der Waals surface area contributed by atoms with Gasteiger partial charge in [0.2, 0.25) is 9.84 Å². The maximum absolute atomic E-state index is 13.6. The number of hydrogen-bond acceptors (Lipinski definition) is 5. The molecule has 2 heterocycles. The first-order valence-corrected chi connectivity index (χ1v) is 12.8. The molecule has 5 rings (SSSR count). The summed E-state index contributed by atoms with van der Waals surface area (Å²) in [4.78, 5) is 7.79. The summed E-state index contributed by atoms with van der Waals surface area (Å²) in [6.45, 7) is 2.52. The van der Waals surface area contributed by atoms with E-state index in [0.717, 1.165) is 18.4 Å². The van der Waals surface area contributed by atoms with Crippen molar-refractivity contribution < 1.29 is 13.2 Å². The Kier molecular flexibility index (Phi) is 5.47. The molecular weight excluding hydrogens is 502 g/mol. The summed E-state index contributed by atoms with van der Waals surface area (Å²) in [5.74, 6) is 1.11. The Bertz CT molecular complexity index is 1520. The van der Waals surface area contributed by atoms with E-state index in [2.05, 4.69) is 32.0 Å². The molecule has 8 heteroatoms. The number of aromatic nitrogens is 2. The maximum Gasteiger partial charge on any atom is 0.208 e. The van der Waals surface area contributed by atoms with Crippen LogP contribution in [0.25, 0.3) is 22.2 Å². The molecular formula is C25H20BrN3O3S. The molecule has 0 spiro atoms. The molecule has 2 aromatic carbocycles. The molecule has 0 amide bonds. The van der Waals surface area contributed by atoms with Crippen LogP contribution in [0.15, 0.2) is 69.1 Å². The SMILES string of the molecule is Cc1ccc(S(=O)(=O)c2c(Br)cnc3[nH]cc(-c4ccc(OCC5CC5)c(C#N)c4)c23)cc1. The second-order valence-electron chi connectivity index (χ2n) is 8.25. The highest BCUT2D eigenvalue weighted by atomic mass is 79.9. The zero-order chi connectivity index (χ0) is 23.2. The second-order valence-corrected chi connectivity index (χ2v) is 11.0. The highest BCUT2D eigenvalue weighted by Gasteiger charge is 2.27. The van der Waals surface area contributed by atoms with Crippen LogP contribution in [-0.4, -0.2) is 25.0 Å². The first-order chi connectivity index (χ1) is 15.9. The molecule has 1 N–H and O–H groups in total. The van der Waals surface area contributed by atoms with Crippen LogP contribution < -0.4 is 4.74 Å². The van der Waals surface area contributed by atoms with Gasteiger partial charge in [-0.2, -0.15) is 5.26 Å². The van der Waals surface area contributed by atoms with Crippen LogP contribution in [0.4, 0.5) is 0 Å². The predicted molar refractivity (Wildman–Crippen MR) is 129 cm³/mol. The van der Waals surface area contributed by atoms with Gasteiger partial charge in [0, 0.05) is 23.3 Å². The molecule has 6 nitrogen and oxygen atoms in total. The third-order valence-corrected chi connectivity index (χ3v) is 8.51. The average Bonchev–Trinajstić information content (AvgIpc) is 3.55. The smallest absolute Gasteiger partial charge is 0.208 e. The fraction of sp³-hybridized carbons (Fsp3) is 0.200. The maximum atomic E-state index is 13.6. The van der Waals surface area contributed by atoms with Crippen LogP contribution in [0.2, 0.25) is 0 Å². The van der Waals surface area contributed by atoms with E-state index >= 15 is 0 Å². The molecule has 0 aliphatic heterocycles. The molecule has 4 aromatic rings. The Morgan fingerprint density at radius 1 is 1.21 bits per heavy atom. The van der Waals surface area contributed by atoms with Crippen molar-refractivity contribution in [3.63, 3.8) is 0 Å². The summed E-state index contributed by atoms with van der Waals surface area (Å²) < 4.78 is 33.5. The number of benzene rings is 2. The van der Waals surface area contributed by atoms with Gasteiger partial charge in [-0.3, -0.25) is 0 Å². The lowest BCUT2D eigenvalue weighted by atomic mass is 10.0. The third kappa shape index (κ3) is 4.03. The number of ether oxygens (including phenoxy) is 1. The summed E-state index contributed by atoms with van der Waals surface area (Å²) in [7, 11) is -3.85. The van der Waals surface area contributed by atoms with Crippen molar-refractivity contribution in [2.24, 2.45) is 5.92 Å². The Hall–Kier alpha value is -3.15. The van der Waals surface area contributed by atoms with Crippen LogP contribution in [0, 0.1) is 24.2 Å². The number of fused-ring (bicyclic) bond motifs is 1. The first kappa shape index (κ1) is 21.7. The van der Waals surface area contributed by atoms with Crippen molar-refractivity contribution in [2.45, 2.75) is 29.6 Å². The number of sulfone groups is 1. The number of pyridine rings is 1. The van der Waals surface area contributed by atoms with Crippen molar-refractivity contribution in [1.82, 2.24) is 9.97 Å². The van der Waals surface area contributed by atoms with E-state index in [1.54, 1.807) is 42.6 Å². The number of aromatic amines is 1. The Morgan fingerprint density at radius 2 is 1.97 bits per heavy atom. The van der Waals surface area contributed by atoms with Gasteiger partial charge in [-0.25, -0.2) is 13.4 Å². The zero-order valence-electron chi connectivity index (χ0n) is 17.8. The quantitative estimate of drug-likeness (QED) is 0.346. The number of nitrogens with one attached hydrogen (secondary N) is 1. The van der Waals surface area contributed by atoms with Crippen LogP contribution in [-0.2, 0) is 9.84 Å². The van der Waals surface area contributed by atoms with Gasteiger partial charge in [0.25, 0.3) is 0 Å². The molecule has 2 aromatic heterocycles. The molecule has 1 aliphatic rings. The Morgan fingerprint density at radius 3 is 2.67 bits per heavy atom. The number of halogens is 1. The summed E-state index contributed by atoms with van der Waals surface area (Å²) in [5, 5.41) is 10.2. The number of aryl methyl sites for hydroxylation is 1. The molecule has 1 saturated carbocycles. The minimum atomic E-state index is -3.85. The summed E-state index contributed by atoms with van der Waals surface area (Å²) in [5.41, 5.74) is 3.19. The highest BCUT2D eigenvalue weighted by molar-refractivity contribution is 9.10. The summed E-state index contributed by atoms with van der Waals surface area (Å²) >= 11 is 3.41. The lowest BCUT2D eigenvalue weighted by Gasteiger charge is -2.12. The Balaban J connectivity index is 1.66. The van der Waals surface area contributed by atoms with Crippen LogP contribution in [0.5, 0.6) is 5.75 Å².